The Morgan fingerprint density at radius 2 is 2.18 bits per heavy atom. The van der Waals surface area contributed by atoms with Gasteiger partial charge in [0.05, 0.1) is 9.52 Å². The van der Waals surface area contributed by atoms with E-state index in [1.165, 1.54) is 10.8 Å². The first-order valence-corrected chi connectivity index (χ1v) is 5.72. The number of rotatable bonds is 3. The van der Waals surface area contributed by atoms with E-state index in [1.807, 2.05) is 12.1 Å². The van der Waals surface area contributed by atoms with Gasteiger partial charge >= 0.3 is 0 Å². The molecule has 1 aromatic rings. The highest BCUT2D eigenvalue weighted by molar-refractivity contribution is 9.09. The van der Waals surface area contributed by atoms with Crippen molar-refractivity contribution in [3.05, 3.63) is 36.4 Å². The van der Waals surface area contributed by atoms with E-state index in [0.29, 0.717) is 0 Å². The van der Waals surface area contributed by atoms with E-state index in [1.54, 1.807) is 0 Å². The van der Waals surface area contributed by atoms with Gasteiger partial charge < -0.3 is 0 Å². The largest absolute Gasteiger partial charge is 0.0985 e. The van der Waals surface area contributed by atoms with E-state index in [9.17, 15) is 0 Å². The summed E-state index contributed by atoms with van der Waals surface area (Å²) in [4.78, 5) is 1.04. The molecule has 1 aromatic carbocycles. The molecule has 0 nitrogen and oxygen atoms in total. The third-order valence-electron chi connectivity index (χ3n) is 1.44. The van der Waals surface area contributed by atoms with Gasteiger partial charge in [-0.25, -0.2) is 0 Å². The molecule has 0 saturated carbocycles. The second-order valence-corrected chi connectivity index (χ2v) is 4.94. The first-order chi connectivity index (χ1) is 5.38. The molecule has 0 saturated heterocycles. The number of halogens is 1. The van der Waals surface area contributed by atoms with Crippen molar-refractivity contribution in [3.8, 4) is 0 Å². The van der Waals surface area contributed by atoms with Crippen molar-refractivity contribution in [2.45, 2.75) is 0 Å². The highest BCUT2D eigenvalue weighted by Gasteiger charge is 1.96. The molecule has 0 aliphatic heterocycles. The standard InChI is InChI=1S/C9H9BrSi/c1-2-8-5-3-4-6-9(8)11-7-10/h2-6H,1,7H2. The second-order valence-electron chi connectivity index (χ2n) is 2.10. The molecule has 1 rings (SSSR count). The summed E-state index contributed by atoms with van der Waals surface area (Å²) < 4.78 is 0. The lowest BCUT2D eigenvalue weighted by molar-refractivity contribution is 1.71. The molecule has 0 heterocycles. The van der Waals surface area contributed by atoms with Crippen molar-refractivity contribution in [1.82, 2.24) is 0 Å². The predicted octanol–water partition coefficient (Wildman–Crippen LogP) is 2.01. The van der Waals surface area contributed by atoms with Crippen molar-refractivity contribution in [3.63, 3.8) is 0 Å². The van der Waals surface area contributed by atoms with Crippen LogP contribution < -0.4 is 5.19 Å². The number of hydrogen-bond acceptors (Lipinski definition) is 0. The third kappa shape index (κ3) is 2.31. The van der Waals surface area contributed by atoms with E-state index in [2.05, 4.69) is 40.7 Å². The third-order valence-corrected chi connectivity index (χ3v) is 3.25. The van der Waals surface area contributed by atoms with Crippen LogP contribution in [0.2, 0.25) is 0 Å². The molecule has 0 unspecified atom stereocenters. The zero-order valence-corrected chi connectivity index (χ0v) is 8.76. The van der Waals surface area contributed by atoms with Gasteiger partial charge in [0, 0.05) is 0 Å². The Kier molecular flexibility index (Phi) is 3.59. The molecule has 0 aliphatic carbocycles. The quantitative estimate of drug-likeness (QED) is 0.545. The molecule has 0 aromatic heterocycles. The summed E-state index contributed by atoms with van der Waals surface area (Å²) in [6.07, 6.45) is 1.91. The van der Waals surface area contributed by atoms with Crippen LogP contribution >= 0.6 is 15.9 Å². The fourth-order valence-electron chi connectivity index (χ4n) is 0.908. The molecule has 0 aliphatic rings. The summed E-state index contributed by atoms with van der Waals surface area (Å²) in [5.41, 5.74) is 1.25. The topological polar surface area (TPSA) is 0 Å². The Labute approximate surface area is 78.3 Å². The van der Waals surface area contributed by atoms with E-state index in [4.69, 9.17) is 0 Å². The van der Waals surface area contributed by atoms with Crippen molar-refractivity contribution >= 4 is 36.7 Å². The number of hydrogen-bond donors (Lipinski definition) is 0. The van der Waals surface area contributed by atoms with Gasteiger partial charge in [-0.1, -0.05) is 58.0 Å². The minimum Gasteiger partial charge on any atom is -0.0985 e. The lowest BCUT2D eigenvalue weighted by Gasteiger charge is -2.00. The molecular weight excluding hydrogens is 216 g/mol. The van der Waals surface area contributed by atoms with E-state index in [-0.39, 0.29) is 0 Å². The van der Waals surface area contributed by atoms with Crippen LogP contribution in [0.1, 0.15) is 5.56 Å². The molecule has 0 fully saturated rings. The highest BCUT2D eigenvalue weighted by atomic mass is 79.9. The summed E-state index contributed by atoms with van der Waals surface area (Å²) in [7, 11) is 0.838. The Morgan fingerprint density at radius 1 is 1.45 bits per heavy atom. The lowest BCUT2D eigenvalue weighted by atomic mass is 10.2. The normalized spacial score (nSPS) is 9.55. The molecular formula is C9H9BrSi. The first kappa shape index (κ1) is 8.75. The summed E-state index contributed by atoms with van der Waals surface area (Å²) in [5.74, 6) is 0. The summed E-state index contributed by atoms with van der Waals surface area (Å²) in [5, 5.41) is 1.39. The Morgan fingerprint density at radius 3 is 2.82 bits per heavy atom. The maximum Gasteiger partial charge on any atom is 0.0937 e. The predicted molar refractivity (Wildman–Crippen MR) is 55.7 cm³/mol. The van der Waals surface area contributed by atoms with Crippen LogP contribution in [-0.4, -0.2) is 14.5 Å². The zero-order chi connectivity index (χ0) is 8.10. The van der Waals surface area contributed by atoms with Crippen molar-refractivity contribution in [2.75, 3.05) is 4.95 Å². The summed E-state index contributed by atoms with van der Waals surface area (Å²) in [6, 6.07) is 8.35. The molecule has 0 N–H and O–H groups in total. The molecule has 56 valence electrons. The monoisotopic (exact) mass is 224 g/mol. The average molecular weight is 225 g/mol. The smallest absolute Gasteiger partial charge is 0.0937 e. The SMILES string of the molecule is C=Cc1ccccc1[Si]CBr. The van der Waals surface area contributed by atoms with Crippen LogP contribution in [0.3, 0.4) is 0 Å². The molecule has 11 heavy (non-hydrogen) atoms. The zero-order valence-electron chi connectivity index (χ0n) is 6.18. The van der Waals surface area contributed by atoms with Gasteiger partial charge in [-0.2, -0.15) is 0 Å². The molecule has 0 atom stereocenters. The fourth-order valence-corrected chi connectivity index (χ4v) is 2.56. The van der Waals surface area contributed by atoms with Crippen LogP contribution in [0.5, 0.6) is 0 Å². The Balaban J connectivity index is 2.92. The van der Waals surface area contributed by atoms with Crippen molar-refractivity contribution in [2.24, 2.45) is 0 Å². The fraction of sp³-hybridized carbons (Fsp3) is 0.111. The molecule has 0 bridgehead atoms. The minimum absolute atomic E-state index is 0.838. The average Bonchev–Trinajstić information content (AvgIpc) is 2.06. The number of alkyl halides is 1. The molecule has 2 radical (unpaired) electrons. The molecule has 2 heteroatoms. The lowest BCUT2D eigenvalue weighted by Crippen LogP contribution is -2.18. The Hall–Kier alpha value is -0.343. The van der Waals surface area contributed by atoms with Gasteiger partial charge in [-0.05, 0) is 10.5 Å². The van der Waals surface area contributed by atoms with Crippen LogP contribution in [-0.2, 0) is 0 Å². The van der Waals surface area contributed by atoms with Crippen molar-refractivity contribution in [1.29, 1.82) is 0 Å². The van der Waals surface area contributed by atoms with Crippen LogP contribution in [0.4, 0.5) is 0 Å². The van der Waals surface area contributed by atoms with E-state index < -0.39 is 0 Å². The van der Waals surface area contributed by atoms with Crippen molar-refractivity contribution < 1.29 is 0 Å². The van der Waals surface area contributed by atoms with Gasteiger partial charge in [0.1, 0.15) is 0 Å². The maximum absolute atomic E-state index is 3.76. The van der Waals surface area contributed by atoms with Gasteiger partial charge in [-0.3, -0.25) is 0 Å². The minimum atomic E-state index is 0.838. The van der Waals surface area contributed by atoms with E-state index in [0.717, 1.165) is 14.5 Å². The van der Waals surface area contributed by atoms with Crippen LogP contribution in [0.15, 0.2) is 30.8 Å². The van der Waals surface area contributed by atoms with Gasteiger partial charge in [-0.15, -0.1) is 0 Å². The molecule has 0 spiro atoms. The van der Waals surface area contributed by atoms with Crippen LogP contribution in [0.25, 0.3) is 6.08 Å². The van der Waals surface area contributed by atoms with Gasteiger partial charge in [0.15, 0.2) is 0 Å². The maximum atomic E-state index is 3.76. The van der Waals surface area contributed by atoms with E-state index >= 15 is 0 Å². The second kappa shape index (κ2) is 4.52. The van der Waals surface area contributed by atoms with Gasteiger partial charge in [0.2, 0.25) is 0 Å². The molecule has 0 amide bonds. The van der Waals surface area contributed by atoms with Crippen LogP contribution in [0, 0.1) is 0 Å². The Bertz CT molecular complexity index is 245. The summed E-state index contributed by atoms with van der Waals surface area (Å²) >= 11 is 3.43. The summed E-state index contributed by atoms with van der Waals surface area (Å²) in [6.45, 7) is 3.76. The van der Waals surface area contributed by atoms with Gasteiger partial charge in [0.25, 0.3) is 0 Å². The highest BCUT2D eigenvalue weighted by Crippen LogP contribution is 1.96. The first-order valence-electron chi connectivity index (χ1n) is 3.40. The number of benzene rings is 1.